The maximum absolute atomic E-state index is 12.6. The van der Waals surface area contributed by atoms with Gasteiger partial charge in [-0.15, -0.1) is 0 Å². The van der Waals surface area contributed by atoms with Crippen molar-refractivity contribution in [3.63, 3.8) is 0 Å². The van der Waals surface area contributed by atoms with E-state index in [0.717, 1.165) is 25.7 Å². The molecular formula is C30H58O4S2Zn. The number of carbonyl (C=O) groups is 2. The van der Waals surface area contributed by atoms with Gasteiger partial charge in [0.15, 0.2) is 0 Å². The molecule has 0 aliphatic heterocycles. The van der Waals surface area contributed by atoms with Crippen molar-refractivity contribution in [3.05, 3.63) is 0 Å². The predicted octanol–water partition coefficient (Wildman–Crippen LogP) is 9.43. The predicted molar refractivity (Wildman–Crippen MR) is 161 cm³/mol. The van der Waals surface area contributed by atoms with Crippen LogP contribution in [0.5, 0.6) is 0 Å². The average Bonchev–Trinajstić information content (AvgIpc) is 2.90. The van der Waals surface area contributed by atoms with Crippen LogP contribution in [0.2, 0.25) is 9.02 Å². The molecule has 0 aromatic rings. The summed E-state index contributed by atoms with van der Waals surface area (Å²) in [6, 6.07) is 0. The number of unbranched alkanes of at least 4 members (excludes halogenated alkanes) is 18. The maximum atomic E-state index is 12.6. The number of esters is 2. The molecule has 0 spiro atoms. The molecular weight excluding hydrogens is 554 g/mol. The molecule has 4 nitrogen and oxygen atoms in total. The summed E-state index contributed by atoms with van der Waals surface area (Å²) in [7, 11) is 0. The third-order valence-electron chi connectivity index (χ3n) is 7.16. The van der Waals surface area contributed by atoms with Crippen molar-refractivity contribution >= 4 is 37.2 Å². The van der Waals surface area contributed by atoms with Gasteiger partial charge in [-0.1, -0.05) is 39.5 Å². The van der Waals surface area contributed by atoms with Crippen LogP contribution < -0.4 is 0 Å². The van der Waals surface area contributed by atoms with Crippen molar-refractivity contribution in [2.45, 2.75) is 151 Å². The van der Waals surface area contributed by atoms with Gasteiger partial charge in [0.05, 0.1) is 0 Å². The number of hydrogen-bond donors (Lipinski definition) is 2. The number of rotatable bonds is 28. The number of thiol groups is 2. The minimum absolute atomic E-state index is 0.166. The van der Waals surface area contributed by atoms with Gasteiger partial charge >= 0.3 is 210 Å². The van der Waals surface area contributed by atoms with Crippen LogP contribution in [0.15, 0.2) is 0 Å². The minimum Gasteiger partial charge on any atom is -0.0654 e. The van der Waals surface area contributed by atoms with E-state index in [2.05, 4.69) is 39.1 Å². The fraction of sp³-hybridized carbons (Fsp3) is 0.933. The van der Waals surface area contributed by atoms with Crippen LogP contribution in [0.25, 0.3) is 0 Å². The van der Waals surface area contributed by atoms with Crippen molar-refractivity contribution in [1.82, 2.24) is 0 Å². The van der Waals surface area contributed by atoms with Crippen LogP contribution in [-0.2, 0) is 36.2 Å². The van der Waals surface area contributed by atoms with Gasteiger partial charge in [0.1, 0.15) is 0 Å². The number of carbonyl (C=O) groups excluding carboxylic acids is 2. The molecule has 0 fully saturated rings. The molecule has 0 aliphatic rings. The first-order valence-corrected chi connectivity index (χ1v) is 20.3. The molecule has 7 heteroatoms. The summed E-state index contributed by atoms with van der Waals surface area (Å²) in [5, 5.41) is 0. The zero-order valence-corrected chi connectivity index (χ0v) is 29.1. The fourth-order valence-electron chi connectivity index (χ4n) is 4.59. The van der Waals surface area contributed by atoms with Crippen LogP contribution in [0.3, 0.4) is 0 Å². The Kier molecular flexibility index (Phi) is 29.5. The van der Waals surface area contributed by atoms with E-state index in [1.807, 2.05) is 0 Å². The molecule has 0 bridgehead atoms. The summed E-state index contributed by atoms with van der Waals surface area (Å²) in [5.74, 6) is 0.570. The van der Waals surface area contributed by atoms with E-state index in [1.165, 1.54) is 103 Å². The van der Waals surface area contributed by atoms with E-state index < -0.39 is 17.1 Å². The van der Waals surface area contributed by atoms with Crippen LogP contribution in [0.1, 0.15) is 142 Å². The Labute approximate surface area is 248 Å². The average molecular weight is 612 g/mol. The summed E-state index contributed by atoms with van der Waals surface area (Å²) in [6.45, 7) is 5.47. The summed E-state index contributed by atoms with van der Waals surface area (Å²) in [5.41, 5.74) is 0. The van der Waals surface area contributed by atoms with Crippen LogP contribution in [-0.4, -0.2) is 36.7 Å². The smallest absolute Gasteiger partial charge is 0.0654 e. The zero-order valence-electron chi connectivity index (χ0n) is 24.4. The Morgan fingerprint density at radius 2 is 0.784 bits per heavy atom. The van der Waals surface area contributed by atoms with E-state index in [-0.39, 0.29) is 21.0 Å². The van der Waals surface area contributed by atoms with Crippen LogP contribution >= 0.6 is 25.3 Å². The molecule has 2 atom stereocenters. The molecule has 0 radical (unpaired) electrons. The van der Waals surface area contributed by atoms with Crippen molar-refractivity contribution in [2.24, 2.45) is 0 Å². The van der Waals surface area contributed by atoms with Gasteiger partial charge in [-0.05, 0) is 0 Å². The van der Waals surface area contributed by atoms with Crippen molar-refractivity contribution in [1.29, 1.82) is 0 Å². The summed E-state index contributed by atoms with van der Waals surface area (Å²) in [6.07, 6.45) is 25.2. The zero-order chi connectivity index (χ0) is 27.4. The Bertz CT molecular complexity index is 478. The quantitative estimate of drug-likeness (QED) is 0.0400. The van der Waals surface area contributed by atoms with Gasteiger partial charge in [0.25, 0.3) is 0 Å². The third-order valence-corrected chi connectivity index (χ3v) is 15.1. The molecule has 0 N–H and O–H groups in total. The molecule has 0 aromatic heterocycles. The van der Waals surface area contributed by atoms with Crippen molar-refractivity contribution in [2.75, 3.05) is 24.7 Å². The first-order chi connectivity index (χ1) is 18.1. The molecule has 0 aromatic carbocycles. The van der Waals surface area contributed by atoms with Crippen LogP contribution in [0.4, 0.5) is 0 Å². The van der Waals surface area contributed by atoms with E-state index in [1.54, 1.807) is 0 Å². The Morgan fingerprint density at radius 1 is 0.514 bits per heavy atom. The second-order valence-corrected chi connectivity index (χ2v) is 16.5. The van der Waals surface area contributed by atoms with E-state index in [0.29, 0.717) is 24.7 Å². The molecule has 0 saturated carbocycles. The van der Waals surface area contributed by atoms with E-state index in [4.69, 9.17) is 9.47 Å². The van der Waals surface area contributed by atoms with Gasteiger partial charge in [-0.2, -0.15) is 0 Å². The summed E-state index contributed by atoms with van der Waals surface area (Å²) < 4.78 is 10.7. The molecule has 0 aliphatic carbocycles. The Morgan fingerprint density at radius 3 is 1.05 bits per heavy atom. The molecule has 0 rings (SSSR count). The summed E-state index contributed by atoms with van der Waals surface area (Å²) in [4.78, 5) is 25.1. The SMILES string of the molecule is CCCCCCCCCCCCOC(=O)[CH](CS)[Zn][CH](CS)C(=O)OCCCCCCCCCCCC. The van der Waals surface area contributed by atoms with Crippen molar-refractivity contribution < 1.29 is 36.2 Å². The van der Waals surface area contributed by atoms with Crippen LogP contribution in [0, 0.1) is 0 Å². The first-order valence-electron chi connectivity index (χ1n) is 15.7. The van der Waals surface area contributed by atoms with Gasteiger partial charge < -0.3 is 0 Å². The molecule has 216 valence electrons. The second-order valence-electron chi connectivity index (χ2n) is 10.7. The summed E-state index contributed by atoms with van der Waals surface area (Å²) >= 11 is 7.18. The van der Waals surface area contributed by atoms with Gasteiger partial charge in [0, 0.05) is 0 Å². The Hall–Kier alpha value is 0.263. The van der Waals surface area contributed by atoms with E-state index >= 15 is 0 Å². The number of hydrogen-bond acceptors (Lipinski definition) is 6. The number of ether oxygens (including phenoxy) is 2. The van der Waals surface area contributed by atoms with Gasteiger partial charge in [-0.25, -0.2) is 0 Å². The first kappa shape index (κ1) is 37.3. The normalized spacial score (nSPS) is 12.6. The molecule has 0 saturated heterocycles. The van der Waals surface area contributed by atoms with Crippen molar-refractivity contribution in [3.8, 4) is 0 Å². The monoisotopic (exact) mass is 610 g/mol. The molecule has 0 amide bonds. The van der Waals surface area contributed by atoms with Gasteiger partial charge in [0.2, 0.25) is 0 Å². The van der Waals surface area contributed by atoms with E-state index in [9.17, 15) is 9.59 Å². The topological polar surface area (TPSA) is 52.6 Å². The Balaban J connectivity index is 3.88. The van der Waals surface area contributed by atoms with Gasteiger partial charge in [-0.3, -0.25) is 0 Å². The fourth-order valence-corrected chi connectivity index (χ4v) is 9.81. The molecule has 0 heterocycles. The third kappa shape index (κ3) is 23.8. The minimum atomic E-state index is -1.59. The second kappa shape index (κ2) is 29.3. The molecule has 37 heavy (non-hydrogen) atoms. The molecule has 2 unspecified atom stereocenters. The standard InChI is InChI=1S/2C15H29O2S.Zn/c2*1-2-3-4-5-6-7-8-9-10-11-13-17-15(16)12-14-18;/h2*12,18H,2-11,13-14H2,1H3;.